The highest BCUT2D eigenvalue weighted by atomic mass is 32.2. The molecule has 0 aromatic carbocycles. The minimum absolute atomic E-state index is 0.143. The molecule has 3 N–H and O–H groups in total. The van der Waals surface area contributed by atoms with E-state index in [1.165, 1.54) is 16.7 Å². The van der Waals surface area contributed by atoms with Crippen LogP contribution in [0.4, 0.5) is 0 Å². The van der Waals surface area contributed by atoms with Gasteiger partial charge in [0.1, 0.15) is 12.6 Å². The standard InChI is InChI=1S/C8H12N2O5S/c11-2-5(8(14)15)9-6(12)1-10-4-16-3-7(10)13/h5,11H,1-4H2,(H,9,12)(H,14,15)/t5-/m0/s1. The topological polar surface area (TPSA) is 107 Å². The monoisotopic (exact) mass is 248 g/mol. The highest BCUT2D eigenvalue weighted by molar-refractivity contribution is 8.00. The van der Waals surface area contributed by atoms with Gasteiger partial charge in [0.15, 0.2) is 0 Å². The number of aliphatic carboxylic acids is 1. The molecule has 1 aliphatic heterocycles. The zero-order valence-electron chi connectivity index (χ0n) is 8.38. The summed E-state index contributed by atoms with van der Waals surface area (Å²) in [5.74, 6) is -1.26. The first kappa shape index (κ1) is 12.8. The summed E-state index contributed by atoms with van der Waals surface area (Å²) in [6.45, 7) is -0.848. The van der Waals surface area contributed by atoms with Crippen LogP contribution in [-0.2, 0) is 14.4 Å². The van der Waals surface area contributed by atoms with Crippen LogP contribution in [0.25, 0.3) is 0 Å². The lowest BCUT2D eigenvalue weighted by Gasteiger charge is -2.16. The first-order valence-electron chi connectivity index (χ1n) is 4.53. The number of carboxylic acid groups (broad SMARTS) is 1. The Morgan fingerprint density at radius 3 is 2.69 bits per heavy atom. The van der Waals surface area contributed by atoms with E-state index in [9.17, 15) is 14.4 Å². The number of carbonyl (C=O) groups is 3. The van der Waals surface area contributed by atoms with E-state index < -0.39 is 24.5 Å². The van der Waals surface area contributed by atoms with Gasteiger partial charge in [-0.15, -0.1) is 11.8 Å². The van der Waals surface area contributed by atoms with Gasteiger partial charge in [0, 0.05) is 0 Å². The Hall–Kier alpha value is -1.28. The fourth-order valence-corrected chi connectivity index (χ4v) is 2.04. The summed E-state index contributed by atoms with van der Waals surface area (Å²) in [5, 5.41) is 19.4. The molecule has 16 heavy (non-hydrogen) atoms. The molecule has 0 saturated carbocycles. The summed E-state index contributed by atoms with van der Waals surface area (Å²) in [4.78, 5) is 34.3. The summed E-state index contributed by atoms with van der Waals surface area (Å²) in [6, 6.07) is -1.32. The van der Waals surface area contributed by atoms with Gasteiger partial charge in [0.2, 0.25) is 11.8 Å². The lowest BCUT2D eigenvalue weighted by molar-refractivity contribution is -0.143. The summed E-state index contributed by atoms with van der Waals surface area (Å²) >= 11 is 1.39. The normalized spacial score (nSPS) is 17.3. The molecule has 1 saturated heterocycles. The maximum absolute atomic E-state index is 11.3. The zero-order chi connectivity index (χ0) is 12.1. The molecule has 0 spiro atoms. The fourth-order valence-electron chi connectivity index (χ4n) is 1.14. The zero-order valence-corrected chi connectivity index (χ0v) is 9.20. The van der Waals surface area contributed by atoms with E-state index in [0.29, 0.717) is 11.6 Å². The van der Waals surface area contributed by atoms with Gasteiger partial charge in [-0.3, -0.25) is 9.59 Å². The van der Waals surface area contributed by atoms with Crippen molar-refractivity contribution in [2.24, 2.45) is 0 Å². The summed E-state index contributed by atoms with van der Waals surface area (Å²) < 4.78 is 0. The molecule has 1 fully saturated rings. The Kier molecular flexibility index (Phi) is 4.56. The Balaban J connectivity index is 2.40. The van der Waals surface area contributed by atoms with Gasteiger partial charge in [0.25, 0.3) is 0 Å². The average Bonchev–Trinajstić information content (AvgIpc) is 2.60. The smallest absolute Gasteiger partial charge is 0.328 e. The SMILES string of the molecule is O=C(CN1CSCC1=O)N[C@@H](CO)C(=O)O. The van der Waals surface area contributed by atoms with Gasteiger partial charge in [0.05, 0.1) is 18.2 Å². The van der Waals surface area contributed by atoms with Crippen LogP contribution in [0.15, 0.2) is 0 Å². The van der Waals surface area contributed by atoms with Gasteiger partial charge in [-0.05, 0) is 0 Å². The Bertz CT molecular complexity index is 303. The van der Waals surface area contributed by atoms with Crippen molar-refractivity contribution < 1.29 is 24.6 Å². The van der Waals surface area contributed by atoms with E-state index in [4.69, 9.17) is 10.2 Å². The van der Waals surface area contributed by atoms with Crippen molar-refractivity contribution in [2.75, 3.05) is 24.8 Å². The quantitative estimate of drug-likeness (QED) is 0.523. The Morgan fingerprint density at radius 2 is 2.25 bits per heavy atom. The van der Waals surface area contributed by atoms with E-state index in [0.717, 1.165) is 0 Å². The number of rotatable bonds is 5. The number of carbonyl (C=O) groups excluding carboxylic acids is 2. The minimum Gasteiger partial charge on any atom is -0.480 e. The number of nitrogens with one attached hydrogen (secondary N) is 1. The molecular weight excluding hydrogens is 236 g/mol. The summed E-state index contributed by atoms with van der Waals surface area (Å²) in [6.07, 6.45) is 0. The average molecular weight is 248 g/mol. The van der Waals surface area contributed by atoms with E-state index in [2.05, 4.69) is 5.32 Å². The number of aliphatic hydroxyl groups excluding tert-OH is 1. The van der Waals surface area contributed by atoms with Crippen molar-refractivity contribution in [3.8, 4) is 0 Å². The molecule has 2 amide bonds. The number of amides is 2. The molecule has 0 bridgehead atoms. The van der Waals surface area contributed by atoms with Crippen LogP contribution in [0.2, 0.25) is 0 Å². The van der Waals surface area contributed by atoms with Crippen molar-refractivity contribution in [1.29, 1.82) is 0 Å². The fraction of sp³-hybridized carbons (Fsp3) is 0.625. The third kappa shape index (κ3) is 3.38. The molecule has 0 aromatic heterocycles. The van der Waals surface area contributed by atoms with E-state index in [-0.39, 0.29) is 12.5 Å². The Morgan fingerprint density at radius 1 is 1.56 bits per heavy atom. The van der Waals surface area contributed by atoms with Crippen LogP contribution >= 0.6 is 11.8 Å². The first-order chi connectivity index (χ1) is 7.54. The predicted molar refractivity (Wildman–Crippen MR) is 55.7 cm³/mol. The van der Waals surface area contributed by atoms with Gasteiger partial charge in [-0.2, -0.15) is 0 Å². The maximum Gasteiger partial charge on any atom is 0.328 e. The third-order valence-corrected chi connectivity index (χ3v) is 2.92. The van der Waals surface area contributed by atoms with E-state index in [1.807, 2.05) is 0 Å². The molecule has 1 rings (SSSR count). The molecule has 7 nitrogen and oxygen atoms in total. The number of thioether (sulfide) groups is 1. The van der Waals surface area contributed by atoms with Crippen molar-refractivity contribution in [1.82, 2.24) is 10.2 Å². The lowest BCUT2D eigenvalue weighted by Crippen LogP contribution is -2.47. The molecular formula is C8H12N2O5S. The van der Waals surface area contributed by atoms with Crippen LogP contribution in [0, 0.1) is 0 Å². The van der Waals surface area contributed by atoms with E-state index in [1.54, 1.807) is 0 Å². The van der Waals surface area contributed by atoms with Crippen LogP contribution in [0.3, 0.4) is 0 Å². The summed E-state index contributed by atoms with van der Waals surface area (Å²) in [5.41, 5.74) is 0. The molecule has 1 heterocycles. The van der Waals surface area contributed by atoms with Gasteiger partial charge >= 0.3 is 5.97 Å². The minimum atomic E-state index is -1.32. The van der Waals surface area contributed by atoms with Gasteiger partial charge in [-0.1, -0.05) is 0 Å². The second kappa shape index (κ2) is 5.71. The molecule has 0 unspecified atom stereocenters. The molecule has 8 heteroatoms. The number of carboxylic acids is 1. The second-order valence-electron chi connectivity index (χ2n) is 3.21. The molecule has 0 aromatic rings. The number of hydrogen-bond acceptors (Lipinski definition) is 5. The van der Waals surface area contributed by atoms with Crippen LogP contribution in [0.1, 0.15) is 0 Å². The van der Waals surface area contributed by atoms with Crippen molar-refractivity contribution in [2.45, 2.75) is 6.04 Å². The van der Waals surface area contributed by atoms with E-state index >= 15 is 0 Å². The molecule has 1 atom stereocenters. The number of hydrogen-bond donors (Lipinski definition) is 3. The number of aliphatic hydroxyl groups is 1. The lowest BCUT2D eigenvalue weighted by atomic mass is 10.3. The third-order valence-electron chi connectivity index (χ3n) is 1.98. The highest BCUT2D eigenvalue weighted by Crippen LogP contribution is 2.13. The van der Waals surface area contributed by atoms with Crippen LogP contribution in [0.5, 0.6) is 0 Å². The largest absolute Gasteiger partial charge is 0.480 e. The maximum atomic E-state index is 11.3. The predicted octanol–water partition coefficient (Wildman–Crippen LogP) is -1.92. The Labute approximate surface area is 95.8 Å². The van der Waals surface area contributed by atoms with Crippen LogP contribution in [-0.4, -0.2) is 63.7 Å². The molecule has 0 radical (unpaired) electrons. The molecule has 1 aliphatic rings. The van der Waals surface area contributed by atoms with Crippen LogP contribution < -0.4 is 5.32 Å². The summed E-state index contributed by atoms with van der Waals surface area (Å²) in [7, 11) is 0. The van der Waals surface area contributed by atoms with Gasteiger partial charge < -0.3 is 20.4 Å². The molecule has 0 aliphatic carbocycles. The van der Waals surface area contributed by atoms with Crippen molar-refractivity contribution >= 4 is 29.5 Å². The van der Waals surface area contributed by atoms with Crippen molar-refractivity contribution in [3.63, 3.8) is 0 Å². The number of nitrogens with zero attached hydrogens (tertiary/aromatic N) is 1. The van der Waals surface area contributed by atoms with Crippen molar-refractivity contribution in [3.05, 3.63) is 0 Å². The first-order valence-corrected chi connectivity index (χ1v) is 5.68. The second-order valence-corrected chi connectivity index (χ2v) is 4.17. The molecule has 90 valence electrons. The highest BCUT2D eigenvalue weighted by Gasteiger charge is 2.25. The van der Waals surface area contributed by atoms with Gasteiger partial charge in [-0.25, -0.2) is 4.79 Å².